The van der Waals surface area contributed by atoms with Crippen LogP contribution < -0.4 is 0 Å². The molecule has 0 aliphatic heterocycles. The van der Waals surface area contributed by atoms with Gasteiger partial charge in [-0.15, -0.1) is 5.10 Å². The maximum atomic E-state index is 12.4. The number of nitrogens with zero attached hydrogens (tertiary/aromatic N) is 2. The van der Waals surface area contributed by atoms with Gasteiger partial charge in [0.2, 0.25) is 0 Å². The summed E-state index contributed by atoms with van der Waals surface area (Å²) in [6.07, 6.45) is 1.85. The quantitative estimate of drug-likeness (QED) is 0.736. The molecule has 0 spiro atoms. The van der Waals surface area contributed by atoms with E-state index in [1.165, 1.54) is 11.5 Å². The number of ketones is 1. The lowest BCUT2D eigenvalue weighted by atomic mass is 9.82. The van der Waals surface area contributed by atoms with Gasteiger partial charge < -0.3 is 0 Å². The average molecular weight is 256 g/mol. The number of allylic oxidation sites excluding steroid dienone is 1. The van der Waals surface area contributed by atoms with E-state index in [2.05, 4.69) is 23.4 Å². The lowest BCUT2D eigenvalue weighted by molar-refractivity contribution is 0.103. The number of fused-ring (bicyclic) bond motifs is 1. The monoisotopic (exact) mass is 256 g/mol. The number of rotatable bonds is 1. The second-order valence-corrected chi connectivity index (χ2v) is 5.50. The van der Waals surface area contributed by atoms with Crippen LogP contribution in [0.1, 0.15) is 35.5 Å². The van der Waals surface area contributed by atoms with Gasteiger partial charge in [-0.25, -0.2) is 0 Å². The van der Waals surface area contributed by atoms with Crippen LogP contribution in [-0.2, 0) is 5.41 Å². The SMILES string of the molecule is CC1(C)/C(=C\c2csnn2)C(=O)c2ccccc21. The molecule has 0 radical (unpaired) electrons. The van der Waals surface area contributed by atoms with Crippen molar-refractivity contribution in [3.05, 3.63) is 52.0 Å². The van der Waals surface area contributed by atoms with Crippen molar-refractivity contribution in [1.82, 2.24) is 9.59 Å². The smallest absolute Gasteiger partial charge is 0.190 e. The van der Waals surface area contributed by atoms with Crippen LogP contribution in [0.2, 0.25) is 0 Å². The minimum atomic E-state index is -0.267. The highest BCUT2D eigenvalue weighted by Crippen LogP contribution is 2.42. The van der Waals surface area contributed by atoms with E-state index in [1.807, 2.05) is 35.7 Å². The van der Waals surface area contributed by atoms with Crippen molar-refractivity contribution in [3.8, 4) is 0 Å². The Bertz CT molecular complexity index is 642. The van der Waals surface area contributed by atoms with Gasteiger partial charge in [-0.1, -0.05) is 42.6 Å². The van der Waals surface area contributed by atoms with Gasteiger partial charge in [-0.05, 0) is 23.2 Å². The van der Waals surface area contributed by atoms with Gasteiger partial charge in [-0.3, -0.25) is 4.79 Å². The Morgan fingerprint density at radius 2 is 2.06 bits per heavy atom. The first-order valence-electron chi connectivity index (χ1n) is 5.74. The molecule has 1 aromatic carbocycles. The van der Waals surface area contributed by atoms with E-state index in [-0.39, 0.29) is 11.2 Å². The minimum Gasteiger partial charge on any atom is -0.289 e. The Hall–Kier alpha value is -1.81. The summed E-state index contributed by atoms with van der Waals surface area (Å²) in [4.78, 5) is 12.4. The summed E-state index contributed by atoms with van der Waals surface area (Å²) in [6.45, 7) is 4.14. The van der Waals surface area contributed by atoms with E-state index >= 15 is 0 Å². The highest BCUT2D eigenvalue weighted by Gasteiger charge is 2.40. The van der Waals surface area contributed by atoms with Crippen LogP contribution >= 0.6 is 11.5 Å². The van der Waals surface area contributed by atoms with Crippen molar-refractivity contribution < 1.29 is 4.79 Å². The molecule has 0 bridgehead atoms. The van der Waals surface area contributed by atoms with Gasteiger partial charge in [-0.2, -0.15) is 0 Å². The fourth-order valence-corrected chi connectivity index (χ4v) is 2.84. The summed E-state index contributed by atoms with van der Waals surface area (Å²) >= 11 is 1.29. The number of aromatic nitrogens is 2. The number of hydrogen-bond acceptors (Lipinski definition) is 4. The summed E-state index contributed by atoms with van der Waals surface area (Å²) in [5, 5.41) is 5.83. The van der Waals surface area contributed by atoms with Gasteiger partial charge in [0.15, 0.2) is 5.78 Å². The molecule has 0 unspecified atom stereocenters. The summed E-state index contributed by atoms with van der Waals surface area (Å²) in [7, 11) is 0. The Morgan fingerprint density at radius 3 is 2.72 bits per heavy atom. The molecule has 3 nitrogen and oxygen atoms in total. The highest BCUT2D eigenvalue weighted by atomic mass is 32.1. The third kappa shape index (κ3) is 1.53. The van der Waals surface area contributed by atoms with Crippen molar-refractivity contribution >= 4 is 23.4 Å². The van der Waals surface area contributed by atoms with Crippen LogP contribution in [0.3, 0.4) is 0 Å². The summed E-state index contributed by atoms with van der Waals surface area (Å²) in [5.74, 6) is 0.101. The normalized spacial score (nSPS) is 19.2. The molecule has 2 aromatic rings. The van der Waals surface area contributed by atoms with Crippen LogP contribution in [0.4, 0.5) is 0 Å². The molecule has 1 aromatic heterocycles. The fourth-order valence-electron chi connectivity index (χ4n) is 2.43. The summed E-state index contributed by atoms with van der Waals surface area (Å²) < 4.78 is 3.82. The first-order chi connectivity index (χ1) is 8.60. The fraction of sp³-hybridized carbons (Fsp3) is 0.214. The van der Waals surface area contributed by atoms with Crippen LogP contribution in [0.5, 0.6) is 0 Å². The van der Waals surface area contributed by atoms with Gasteiger partial charge in [0.1, 0.15) is 0 Å². The number of carbonyl (C=O) groups is 1. The summed E-state index contributed by atoms with van der Waals surface area (Å²) in [6, 6.07) is 7.79. The van der Waals surface area contributed by atoms with Crippen molar-refractivity contribution in [3.63, 3.8) is 0 Å². The topological polar surface area (TPSA) is 42.9 Å². The molecule has 18 heavy (non-hydrogen) atoms. The second kappa shape index (κ2) is 3.85. The molecule has 4 heteroatoms. The number of benzene rings is 1. The lowest BCUT2D eigenvalue weighted by Crippen LogP contribution is -2.16. The molecule has 1 aliphatic rings. The Kier molecular flexibility index (Phi) is 2.41. The molecule has 90 valence electrons. The predicted octanol–water partition coefficient (Wildman–Crippen LogP) is 3.10. The Labute approximate surface area is 109 Å². The third-order valence-electron chi connectivity index (χ3n) is 3.43. The van der Waals surface area contributed by atoms with Gasteiger partial charge in [0, 0.05) is 21.9 Å². The largest absolute Gasteiger partial charge is 0.289 e. The molecule has 0 saturated heterocycles. The molecule has 0 amide bonds. The van der Waals surface area contributed by atoms with E-state index in [1.54, 1.807) is 0 Å². The minimum absolute atomic E-state index is 0.101. The number of hydrogen-bond donors (Lipinski definition) is 0. The Balaban J connectivity index is 2.18. The maximum Gasteiger partial charge on any atom is 0.190 e. The first-order valence-corrected chi connectivity index (χ1v) is 6.58. The third-order valence-corrected chi connectivity index (χ3v) is 3.95. The van der Waals surface area contributed by atoms with E-state index < -0.39 is 0 Å². The van der Waals surface area contributed by atoms with Crippen molar-refractivity contribution in [2.24, 2.45) is 0 Å². The highest BCUT2D eigenvalue weighted by molar-refractivity contribution is 7.03. The van der Waals surface area contributed by atoms with Gasteiger partial charge in [0.25, 0.3) is 0 Å². The zero-order chi connectivity index (χ0) is 12.8. The molecule has 1 aliphatic carbocycles. The summed E-state index contributed by atoms with van der Waals surface area (Å²) in [5.41, 5.74) is 3.17. The Morgan fingerprint density at radius 1 is 1.28 bits per heavy atom. The standard InChI is InChI=1S/C14H12N2OS/c1-14(2)11-6-4-3-5-10(11)13(17)12(14)7-9-8-18-16-15-9/h3-8H,1-2H3/b12-7-. The van der Waals surface area contributed by atoms with Crippen molar-refractivity contribution in [2.75, 3.05) is 0 Å². The van der Waals surface area contributed by atoms with E-state index in [4.69, 9.17) is 0 Å². The van der Waals surface area contributed by atoms with Gasteiger partial charge in [0.05, 0.1) is 5.69 Å². The molecule has 0 fully saturated rings. The first kappa shape index (κ1) is 11.3. The van der Waals surface area contributed by atoms with Crippen molar-refractivity contribution in [2.45, 2.75) is 19.3 Å². The van der Waals surface area contributed by atoms with Crippen LogP contribution in [-0.4, -0.2) is 15.4 Å². The molecule has 0 N–H and O–H groups in total. The molecular weight excluding hydrogens is 244 g/mol. The number of carbonyl (C=O) groups excluding carboxylic acids is 1. The zero-order valence-electron chi connectivity index (χ0n) is 10.2. The molecule has 1 heterocycles. The second-order valence-electron chi connectivity index (χ2n) is 4.89. The molecule has 3 rings (SSSR count). The zero-order valence-corrected chi connectivity index (χ0v) is 11.0. The average Bonchev–Trinajstić information content (AvgIpc) is 2.93. The lowest BCUT2D eigenvalue weighted by Gasteiger charge is -2.20. The van der Waals surface area contributed by atoms with Crippen molar-refractivity contribution in [1.29, 1.82) is 0 Å². The van der Waals surface area contributed by atoms with E-state index in [0.29, 0.717) is 0 Å². The van der Waals surface area contributed by atoms with Crippen LogP contribution in [0.25, 0.3) is 6.08 Å². The molecular formula is C14H12N2OS. The van der Waals surface area contributed by atoms with E-state index in [0.717, 1.165) is 22.4 Å². The molecule has 0 atom stereocenters. The predicted molar refractivity (Wildman–Crippen MR) is 71.7 cm³/mol. The van der Waals surface area contributed by atoms with Gasteiger partial charge >= 0.3 is 0 Å². The number of Topliss-reactive ketones (excluding diaryl/α,β-unsaturated/α-hetero) is 1. The maximum absolute atomic E-state index is 12.4. The van der Waals surface area contributed by atoms with Crippen LogP contribution in [0.15, 0.2) is 35.2 Å². The molecule has 0 saturated carbocycles. The van der Waals surface area contributed by atoms with E-state index in [9.17, 15) is 4.79 Å². The van der Waals surface area contributed by atoms with Crippen LogP contribution in [0, 0.1) is 0 Å².